The molecule has 1 heterocycles. The van der Waals surface area contributed by atoms with Gasteiger partial charge in [0, 0.05) is 11.8 Å². The predicted molar refractivity (Wildman–Crippen MR) is 122 cm³/mol. The summed E-state index contributed by atoms with van der Waals surface area (Å²) >= 11 is 1.88. The summed E-state index contributed by atoms with van der Waals surface area (Å²) in [7, 11) is 1.85. The number of benzene rings is 1. The Morgan fingerprint density at radius 3 is 2.23 bits per heavy atom. The van der Waals surface area contributed by atoms with Crippen molar-refractivity contribution >= 4 is 23.4 Å². The molecule has 2 aromatic rings. The van der Waals surface area contributed by atoms with Crippen LogP contribution in [-0.4, -0.2) is 25.3 Å². The molecule has 160 valence electrons. The number of aromatic nitrogens is 2. The van der Waals surface area contributed by atoms with Gasteiger partial charge in [-0.3, -0.25) is 14.3 Å². The van der Waals surface area contributed by atoms with Crippen LogP contribution in [0, 0.1) is 24.7 Å². The number of rotatable bonds is 5. The van der Waals surface area contributed by atoms with Gasteiger partial charge < -0.3 is 5.32 Å². The maximum absolute atomic E-state index is 13.1. The van der Waals surface area contributed by atoms with E-state index < -0.39 is 0 Å². The highest BCUT2D eigenvalue weighted by Crippen LogP contribution is 2.61. The first-order valence-electron chi connectivity index (χ1n) is 11.2. The summed E-state index contributed by atoms with van der Waals surface area (Å²) in [5.41, 5.74) is 1.78. The van der Waals surface area contributed by atoms with Crippen LogP contribution < -0.4 is 10.9 Å². The standard InChI is InChI=1S/C24H31N3O2S/c1-15-21(23(29)27(26(15)3)20-7-5-4-6-8-20)25-22(28)16(2)30-24-12-17-9-18(13-24)11-19(10-17)14-24/h4-8,16-19H,9-14H2,1-3H3,(H,25,28)/t16-,17?,18?,19?,24?/m1/s1. The average molecular weight is 426 g/mol. The molecule has 1 aromatic heterocycles. The Morgan fingerprint density at radius 2 is 1.67 bits per heavy atom. The van der Waals surface area contributed by atoms with Crippen LogP contribution in [0.5, 0.6) is 0 Å². The average Bonchev–Trinajstić information content (AvgIpc) is 2.90. The van der Waals surface area contributed by atoms with Crippen LogP contribution >= 0.6 is 11.8 Å². The Balaban J connectivity index is 1.34. The third-order valence-corrected chi connectivity index (χ3v) is 9.15. The molecule has 4 aliphatic carbocycles. The second-order valence-electron chi connectivity index (χ2n) is 9.79. The lowest BCUT2D eigenvalue weighted by atomic mass is 9.56. The highest BCUT2D eigenvalue weighted by molar-refractivity contribution is 8.01. The lowest BCUT2D eigenvalue weighted by molar-refractivity contribution is -0.115. The van der Waals surface area contributed by atoms with Crippen LogP contribution in [0.15, 0.2) is 35.1 Å². The molecule has 0 spiro atoms. The Hall–Kier alpha value is -1.95. The first kappa shape index (κ1) is 20.0. The van der Waals surface area contributed by atoms with Gasteiger partial charge in [-0.2, -0.15) is 0 Å². The molecule has 0 radical (unpaired) electrons. The fraction of sp³-hybridized carbons (Fsp3) is 0.583. The van der Waals surface area contributed by atoms with Crippen molar-refractivity contribution in [1.82, 2.24) is 9.36 Å². The van der Waals surface area contributed by atoms with E-state index in [-0.39, 0.29) is 21.5 Å². The molecule has 30 heavy (non-hydrogen) atoms. The normalized spacial score (nSPS) is 30.4. The molecule has 0 aliphatic heterocycles. The molecule has 1 atom stereocenters. The molecular formula is C24H31N3O2S. The van der Waals surface area contributed by atoms with Gasteiger partial charge in [-0.05, 0) is 82.3 Å². The van der Waals surface area contributed by atoms with Gasteiger partial charge in [0.1, 0.15) is 5.69 Å². The summed E-state index contributed by atoms with van der Waals surface area (Å²) in [6.07, 6.45) is 8.03. The minimum absolute atomic E-state index is 0.0539. The molecule has 4 fully saturated rings. The van der Waals surface area contributed by atoms with Gasteiger partial charge in [-0.1, -0.05) is 18.2 Å². The molecule has 5 nitrogen and oxygen atoms in total. The number of anilines is 1. The fourth-order valence-corrected chi connectivity index (χ4v) is 8.45. The topological polar surface area (TPSA) is 56.0 Å². The van der Waals surface area contributed by atoms with E-state index in [1.165, 1.54) is 38.5 Å². The third kappa shape index (κ3) is 3.33. The molecule has 0 unspecified atom stereocenters. The van der Waals surface area contributed by atoms with E-state index >= 15 is 0 Å². The van der Waals surface area contributed by atoms with Crippen molar-refractivity contribution in [1.29, 1.82) is 0 Å². The van der Waals surface area contributed by atoms with Crippen molar-refractivity contribution in [2.75, 3.05) is 5.32 Å². The number of nitrogens with zero attached hydrogens (tertiary/aromatic N) is 2. The largest absolute Gasteiger partial charge is 0.319 e. The maximum Gasteiger partial charge on any atom is 0.295 e. The van der Waals surface area contributed by atoms with E-state index in [0.29, 0.717) is 5.69 Å². The highest BCUT2D eigenvalue weighted by Gasteiger charge is 2.52. The van der Waals surface area contributed by atoms with E-state index in [1.54, 1.807) is 4.68 Å². The zero-order valence-electron chi connectivity index (χ0n) is 18.1. The van der Waals surface area contributed by atoms with Gasteiger partial charge in [0.25, 0.3) is 5.56 Å². The molecule has 6 heteroatoms. The van der Waals surface area contributed by atoms with Crippen LogP contribution in [0.2, 0.25) is 0 Å². The lowest BCUT2D eigenvalue weighted by Gasteiger charge is -2.57. The van der Waals surface area contributed by atoms with E-state index in [9.17, 15) is 9.59 Å². The first-order chi connectivity index (χ1) is 14.3. The van der Waals surface area contributed by atoms with Crippen molar-refractivity contribution in [3.63, 3.8) is 0 Å². The summed E-state index contributed by atoms with van der Waals surface area (Å²) in [5, 5.41) is 2.82. The summed E-state index contributed by atoms with van der Waals surface area (Å²) < 4.78 is 3.70. The van der Waals surface area contributed by atoms with Crippen LogP contribution in [0.1, 0.15) is 51.1 Å². The Labute approximate surface area is 182 Å². The maximum atomic E-state index is 13.1. The van der Waals surface area contributed by atoms with E-state index in [4.69, 9.17) is 0 Å². The van der Waals surface area contributed by atoms with Crippen molar-refractivity contribution in [2.24, 2.45) is 24.8 Å². The first-order valence-corrected chi connectivity index (χ1v) is 12.1. The molecule has 1 amide bonds. The van der Waals surface area contributed by atoms with Crippen LogP contribution in [0.4, 0.5) is 5.69 Å². The summed E-state index contributed by atoms with van der Waals surface area (Å²) in [4.78, 5) is 26.2. The third-order valence-electron chi connectivity index (χ3n) is 7.58. The number of carbonyl (C=O) groups excluding carboxylic acids is 1. The van der Waals surface area contributed by atoms with Gasteiger partial charge in [-0.25, -0.2) is 4.68 Å². The number of amides is 1. The molecule has 6 rings (SSSR count). The summed E-state index contributed by atoms with van der Waals surface area (Å²) in [6, 6.07) is 9.55. The summed E-state index contributed by atoms with van der Waals surface area (Å²) in [6.45, 7) is 3.89. The van der Waals surface area contributed by atoms with Gasteiger partial charge in [0.05, 0.1) is 16.6 Å². The number of hydrogen-bond acceptors (Lipinski definition) is 3. The van der Waals surface area contributed by atoms with Crippen LogP contribution in [-0.2, 0) is 11.8 Å². The zero-order valence-corrected chi connectivity index (χ0v) is 18.9. The number of nitrogens with one attached hydrogen (secondary N) is 1. The fourth-order valence-electron chi connectivity index (χ4n) is 6.54. The van der Waals surface area contributed by atoms with Crippen LogP contribution in [0.25, 0.3) is 5.69 Å². The lowest BCUT2D eigenvalue weighted by Crippen LogP contribution is -2.49. The molecular weight excluding hydrogens is 394 g/mol. The highest BCUT2D eigenvalue weighted by atomic mass is 32.2. The van der Waals surface area contributed by atoms with Crippen molar-refractivity contribution in [3.8, 4) is 5.69 Å². The number of para-hydroxylation sites is 1. The zero-order chi connectivity index (χ0) is 21.0. The minimum atomic E-state index is -0.179. The smallest absolute Gasteiger partial charge is 0.295 e. The summed E-state index contributed by atoms with van der Waals surface area (Å²) in [5.74, 6) is 2.55. The second-order valence-corrected chi connectivity index (χ2v) is 11.6. The second kappa shape index (κ2) is 7.33. The molecule has 0 saturated heterocycles. The predicted octanol–water partition coefficient (Wildman–Crippen LogP) is 4.51. The van der Waals surface area contributed by atoms with Gasteiger partial charge >= 0.3 is 0 Å². The van der Waals surface area contributed by atoms with E-state index in [1.807, 2.05) is 67.7 Å². The molecule has 1 aromatic carbocycles. The Bertz CT molecular complexity index is 988. The molecule has 4 bridgehead atoms. The van der Waals surface area contributed by atoms with Crippen LogP contribution in [0.3, 0.4) is 0 Å². The van der Waals surface area contributed by atoms with E-state index in [0.717, 1.165) is 29.1 Å². The Morgan fingerprint density at radius 1 is 1.10 bits per heavy atom. The van der Waals surface area contributed by atoms with E-state index in [2.05, 4.69) is 5.32 Å². The molecule has 1 N–H and O–H groups in total. The van der Waals surface area contributed by atoms with Gasteiger partial charge in [0.2, 0.25) is 5.91 Å². The molecule has 4 aliphatic rings. The van der Waals surface area contributed by atoms with Crippen molar-refractivity contribution < 1.29 is 4.79 Å². The Kier molecular flexibility index (Phi) is 4.88. The SMILES string of the molecule is Cc1c(NC(=O)[C@@H](C)SC23CC4CC(CC(C4)C2)C3)c(=O)n(-c2ccccc2)n1C. The van der Waals surface area contributed by atoms with Crippen molar-refractivity contribution in [2.45, 2.75) is 62.4 Å². The van der Waals surface area contributed by atoms with Gasteiger partial charge in [0.15, 0.2) is 0 Å². The number of carbonyl (C=O) groups is 1. The molecule has 4 saturated carbocycles. The van der Waals surface area contributed by atoms with Gasteiger partial charge in [-0.15, -0.1) is 11.8 Å². The number of hydrogen-bond donors (Lipinski definition) is 1. The number of thioether (sulfide) groups is 1. The quantitative estimate of drug-likeness (QED) is 0.767. The monoisotopic (exact) mass is 425 g/mol. The van der Waals surface area contributed by atoms with Crippen molar-refractivity contribution in [3.05, 3.63) is 46.4 Å². The minimum Gasteiger partial charge on any atom is -0.319 e.